The highest BCUT2D eigenvalue weighted by atomic mass is 16.5. The van der Waals surface area contributed by atoms with Crippen LogP contribution in [0, 0.1) is 0 Å². The Morgan fingerprint density at radius 3 is 2.84 bits per heavy atom. The molecule has 4 nitrogen and oxygen atoms in total. The van der Waals surface area contributed by atoms with E-state index in [1.807, 2.05) is 11.9 Å². The number of carbonyl (C=O) groups is 1. The van der Waals surface area contributed by atoms with Crippen LogP contribution in [-0.2, 0) is 9.53 Å². The lowest BCUT2D eigenvalue weighted by atomic mass is 9.90. The summed E-state index contributed by atoms with van der Waals surface area (Å²) >= 11 is 0. The Labute approximate surface area is 116 Å². The molecule has 0 bridgehead atoms. The third kappa shape index (κ3) is 3.48. The summed E-state index contributed by atoms with van der Waals surface area (Å²) < 4.78 is 5.74. The Bertz CT molecular complexity index is 295. The molecule has 0 aliphatic carbocycles. The minimum absolute atomic E-state index is 0.239. The predicted molar refractivity (Wildman–Crippen MR) is 76.1 cm³/mol. The molecule has 1 amide bonds. The number of likely N-dealkylation sites (N-methyl/N-ethyl adjacent to an activating group) is 1. The second kappa shape index (κ2) is 6.71. The van der Waals surface area contributed by atoms with Crippen LogP contribution in [0.3, 0.4) is 0 Å². The first-order valence-corrected chi connectivity index (χ1v) is 7.80. The molecule has 0 spiro atoms. The smallest absolute Gasteiger partial charge is 0.242 e. The number of nitrogens with one attached hydrogen (secondary N) is 1. The summed E-state index contributed by atoms with van der Waals surface area (Å²) in [5.41, 5.74) is -0.293. The van der Waals surface area contributed by atoms with E-state index in [1.165, 1.54) is 6.42 Å². The fraction of sp³-hybridized carbons (Fsp3) is 0.933. The standard InChI is InChI=1S/C15H28N2O2/c1-3-8-15(9-6-10-16-15)14(18)17(2)12-13-7-4-5-11-19-13/h13,16H,3-12H2,1-2H3. The van der Waals surface area contributed by atoms with Crippen molar-refractivity contribution in [3.63, 3.8) is 0 Å². The van der Waals surface area contributed by atoms with E-state index in [2.05, 4.69) is 12.2 Å². The molecular weight excluding hydrogens is 240 g/mol. The minimum atomic E-state index is -0.293. The second-order valence-electron chi connectivity index (χ2n) is 6.04. The van der Waals surface area contributed by atoms with Gasteiger partial charge in [0, 0.05) is 20.2 Å². The topological polar surface area (TPSA) is 41.6 Å². The maximum atomic E-state index is 12.7. The minimum Gasteiger partial charge on any atom is -0.376 e. The van der Waals surface area contributed by atoms with Crippen LogP contribution >= 0.6 is 0 Å². The Balaban J connectivity index is 1.92. The maximum Gasteiger partial charge on any atom is 0.242 e. The lowest BCUT2D eigenvalue weighted by Crippen LogP contribution is -2.55. The molecule has 1 N–H and O–H groups in total. The predicted octanol–water partition coefficient (Wildman–Crippen LogP) is 1.94. The lowest BCUT2D eigenvalue weighted by molar-refractivity contribution is -0.139. The summed E-state index contributed by atoms with van der Waals surface area (Å²) in [6.45, 7) is 4.72. The fourth-order valence-electron chi connectivity index (χ4n) is 3.44. The lowest BCUT2D eigenvalue weighted by Gasteiger charge is -2.35. The van der Waals surface area contributed by atoms with Crippen LogP contribution in [0.4, 0.5) is 0 Å². The highest BCUT2D eigenvalue weighted by molar-refractivity contribution is 5.86. The first-order valence-electron chi connectivity index (χ1n) is 7.80. The first kappa shape index (κ1) is 14.8. The van der Waals surface area contributed by atoms with Crippen molar-refractivity contribution in [2.45, 2.75) is 63.5 Å². The number of nitrogens with zero attached hydrogens (tertiary/aromatic N) is 1. The zero-order valence-electron chi connectivity index (χ0n) is 12.4. The molecule has 19 heavy (non-hydrogen) atoms. The Kier molecular flexibility index (Phi) is 5.22. The van der Waals surface area contributed by atoms with Gasteiger partial charge in [-0.1, -0.05) is 13.3 Å². The normalized spacial score (nSPS) is 31.4. The van der Waals surface area contributed by atoms with Crippen molar-refractivity contribution in [1.82, 2.24) is 10.2 Å². The summed E-state index contributed by atoms with van der Waals surface area (Å²) in [5, 5.41) is 3.46. The molecule has 110 valence electrons. The molecule has 0 radical (unpaired) electrons. The summed E-state index contributed by atoms with van der Waals surface area (Å²) in [7, 11) is 1.93. The number of ether oxygens (including phenoxy) is 1. The van der Waals surface area contributed by atoms with Crippen molar-refractivity contribution >= 4 is 5.91 Å². The van der Waals surface area contributed by atoms with Crippen molar-refractivity contribution in [3.8, 4) is 0 Å². The average molecular weight is 268 g/mol. The molecular formula is C15H28N2O2. The van der Waals surface area contributed by atoms with Gasteiger partial charge in [0.2, 0.25) is 5.91 Å². The van der Waals surface area contributed by atoms with Crippen LogP contribution < -0.4 is 5.32 Å². The van der Waals surface area contributed by atoms with Gasteiger partial charge in [0.1, 0.15) is 0 Å². The molecule has 4 heteroatoms. The van der Waals surface area contributed by atoms with Gasteiger partial charge in [-0.15, -0.1) is 0 Å². The van der Waals surface area contributed by atoms with E-state index in [-0.39, 0.29) is 17.6 Å². The molecule has 2 unspecified atom stereocenters. The molecule has 0 aromatic heterocycles. The van der Waals surface area contributed by atoms with Gasteiger partial charge in [-0.25, -0.2) is 0 Å². The molecule has 2 atom stereocenters. The molecule has 0 aromatic rings. The zero-order chi connectivity index (χ0) is 13.7. The molecule has 2 aliphatic rings. The largest absolute Gasteiger partial charge is 0.376 e. The van der Waals surface area contributed by atoms with Crippen LogP contribution in [0.25, 0.3) is 0 Å². The third-order valence-electron chi connectivity index (χ3n) is 4.43. The van der Waals surface area contributed by atoms with E-state index in [4.69, 9.17) is 4.74 Å². The first-order chi connectivity index (χ1) is 9.18. The maximum absolute atomic E-state index is 12.7. The van der Waals surface area contributed by atoms with Gasteiger partial charge in [-0.05, 0) is 45.1 Å². The van der Waals surface area contributed by atoms with Crippen LogP contribution in [0.15, 0.2) is 0 Å². The van der Waals surface area contributed by atoms with E-state index in [0.29, 0.717) is 0 Å². The quantitative estimate of drug-likeness (QED) is 0.828. The van der Waals surface area contributed by atoms with Crippen LogP contribution in [0.1, 0.15) is 51.9 Å². The van der Waals surface area contributed by atoms with E-state index in [9.17, 15) is 4.79 Å². The Morgan fingerprint density at radius 1 is 1.42 bits per heavy atom. The summed E-state index contributed by atoms with van der Waals surface area (Å²) in [5.74, 6) is 0.265. The molecule has 0 aromatic carbocycles. The van der Waals surface area contributed by atoms with Crippen molar-refractivity contribution in [3.05, 3.63) is 0 Å². The van der Waals surface area contributed by atoms with E-state index < -0.39 is 0 Å². The Morgan fingerprint density at radius 2 is 2.26 bits per heavy atom. The van der Waals surface area contributed by atoms with E-state index in [0.717, 1.165) is 58.2 Å². The zero-order valence-corrected chi connectivity index (χ0v) is 12.4. The SMILES string of the molecule is CCCC1(C(=O)N(C)CC2CCCCO2)CCCN1. The monoisotopic (exact) mass is 268 g/mol. The average Bonchev–Trinajstić information content (AvgIpc) is 2.89. The molecule has 2 heterocycles. The molecule has 2 rings (SSSR count). The van der Waals surface area contributed by atoms with Crippen molar-refractivity contribution in [1.29, 1.82) is 0 Å². The van der Waals surface area contributed by atoms with Gasteiger partial charge in [-0.2, -0.15) is 0 Å². The van der Waals surface area contributed by atoms with Crippen LogP contribution in [0.5, 0.6) is 0 Å². The molecule has 2 aliphatic heterocycles. The molecule has 2 saturated heterocycles. The van der Waals surface area contributed by atoms with Gasteiger partial charge < -0.3 is 15.0 Å². The third-order valence-corrected chi connectivity index (χ3v) is 4.43. The number of hydrogen-bond donors (Lipinski definition) is 1. The Hall–Kier alpha value is -0.610. The fourth-order valence-corrected chi connectivity index (χ4v) is 3.44. The van der Waals surface area contributed by atoms with Crippen molar-refractivity contribution in [2.24, 2.45) is 0 Å². The highest BCUT2D eigenvalue weighted by Gasteiger charge is 2.41. The van der Waals surface area contributed by atoms with E-state index >= 15 is 0 Å². The van der Waals surface area contributed by atoms with Gasteiger partial charge in [0.15, 0.2) is 0 Å². The highest BCUT2D eigenvalue weighted by Crippen LogP contribution is 2.27. The van der Waals surface area contributed by atoms with Gasteiger partial charge >= 0.3 is 0 Å². The number of rotatable bonds is 5. The molecule has 0 saturated carbocycles. The van der Waals surface area contributed by atoms with Gasteiger partial charge in [0.05, 0.1) is 11.6 Å². The number of carbonyl (C=O) groups excluding carboxylic acids is 1. The van der Waals surface area contributed by atoms with Gasteiger partial charge in [0.25, 0.3) is 0 Å². The van der Waals surface area contributed by atoms with Crippen molar-refractivity contribution < 1.29 is 9.53 Å². The number of hydrogen-bond acceptors (Lipinski definition) is 3. The second-order valence-corrected chi connectivity index (χ2v) is 6.04. The van der Waals surface area contributed by atoms with Crippen LogP contribution in [-0.4, -0.2) is 49.2 Å². The summed E-state index contributed by atoms with van der Waals surface area (Å²) in [6.07, 6.45) is 7.80. The van der Waals surface area contributed by atoms with E-state index in [1.54, 1.807) is 0 Å². The van der Waals surface area contributed by atoms with Gasteiger partial charge in [-0.3, -0.25) is 4.79 Å². The summed E-state index contributed by atoms with van der Waals surface area (Å²) in [4.78, 5) is 14.6. The molecule has 2 fully saturated rings. The number of amides is 1. The summed E-state index contributed by atoms with van der Waals surface area (Å²) in [6, 6.07) is 0. The van der Waals surface area contributed by atoms with Crippen molar-refractivity contribution in [2.75, 3.05) is 26.7 Å². The van der Waals surface area contributed by atoms with Crippen LogP contribution in [0.2, 0.25) is 0 Å².